The molecule has 1 heterocycles. The number of aromatic nitrogens is 2. The van der Waals surface area contributed by atoms with Crippen LogP contribution in [0.5, 0.6) is 0 Å². The maximum atomic E-state index is 12.1. The zero-order valence-electron chi connectivity index (χ0n) is 12.7. The van der Waals surface area contributed by atoms with Crippen molar-refractivity contribution in [2.45, 2.75) is 52.6 Å². The van der Waals surface area contributed by atoms with E-state index >= 15 is 0 Å². The van der Waals surface area contributed by atoms with Crippen LogP contribution in [-0.4, -0.2) is 21.9 Å². The van der Waals surface area contributed by atoms with Crippen LogP contribution < -0.4 is 16.6 Å². The maximum Gasteiger partial charge on any atom is 0.287 e. The predicted octanol–water partition coefficient (Wildman–Crippen LogP) is 2.48. The molecule has 0 bridgehead atoms. The summed E-state index contributed by atoms with van der Waals surface area (Å²) in [6, 6.07) is 0. The van der Waals surface area contributed by atoms with Gasteiger partial charge in [0.15, 0.2) is 0 Å². The van der Waals surface area contributed by atoms with Gasteiger partial charge in [-0.05, 0) is 19.3 Å². The second-order valence-electron chi connectivity index (χ2n) is 5.66. The lowest BCUT2D eigenvalue weighted by molar-refractivity contribution is 0.382. The Labute approximate surface area is 125 Å². The van der Waals surface area contributed by atoms with Gasteiger partial charge in [-0.1, -0.05) is 38.8 Å². The maximum absolute atomic E-state index is 12.1. The van der Waals surface area contributed by atoms with E-state index in [1.807, 2.05) is 6.92 Å². The van der Waals surface area contributed by atoms with Crippen molar-refractivity contribution in [3.63, 3.8) is 0 Å². The van der Waals surface area contributed by atoms with Crippen molar-refractivity contribution in [3.8, 4) is 0 Å². The average Bonchev–Trinajstić information content (AvgIpc) is 2.42. The van der Waals surface area contributed by atoms with Gasteiger partial charge in [0.25, 0.3) is 5.56 Å². The van der Waals surface area contributed by atoms with Gasteiger partial charge in [-0.25, -0.2) is 4.68 Å². The largest absolute Gasteiger partial charge is 0.376 e. The summed E-state index contributed by atoms with van der Waals surface area (Å²) in [5.74, 6) is 0.297. The SMILES string of the molecule is CCCCn1ncc(NC(C)(CN)C(C)C)c(Cl)c1=O. The van der Waals surface area contributed by atoms with Crippen LogP contribution in [0.3, 0.4) is 0 Å². The van der Waals surface area contributed by atoms with E-state index in [1.165, 1.54) is 4.68 Å². The molecule has 0 saturated carbocycles. The summed E-state index contributed by atoms with van der Waals surface area (Å²) in [4.78, 5) is 12.1. The summed E-state index contributed by atoms with van der Waals surface area (Å²) >= 11 is 6.17. The van der Waals surface area contributed by atoms with Crippen molar-refractivity contribution in [2.24, 2.45) is 11.7 Å². The standard InChI is InChI=1S/C14H25ClN4O/c1-5-6-7-19-13(20)12(15)11(8-17-19)18-14(4,9-16)10(2)3/h8,10,18H,5-7,9,16H2,1-4H3. The Kier molecular flexibility index (Phi) is 6.02. The Bertz CT molecular complexity index is 500. The van der Waals surface area contributed by atoms with E-state index in [1.54, 1.807) is 6.20 Å². The van der Waals surface area contributed by atoms with E-state index in [-0.39, 0.29) is 16.1 Å². The number of nitrogens with one attached hydrogen (secondary N) is 1. The molecule has 0 spiro atoms. The van der Waals surface area contributed by atoms with Crippen molar-refractivity contribution in [2.75, 3.05) is 11.9 Å². The molecule has 0 aliphatic carbocycles. The fourth-order valence-corrected chi connectivity index (χ4v) is 1.95. The van der Waals surface area contributed by atoms with Crippen LogP contribution >= 0.6 is 11.6 Å². The summed E-state index contributed by atoms with van der Waals surface area (Å²) < 4.78 is 1.41. The molecule has 0 amide bonds. The highest BCUT2D eigenvalue weighted by Gasteiger charge is 2.27. The predicted molar refractivity (Wildman–Crippen MR) is 84.3 cm³/mol. The molecule has 1 aromatic heterocycles. The highest BCUT2D eigenvalue weighted by molar-refractivity contribution is 6.32. The summed E-state index contributed by atoms with van der Waals surface area (Å²) in [6.07, 6.45) is 3.52. The quantitative estimate of drug-likeness (QED) is 0.811. The summed E-state index contributed by atoms with van der Waals surface area (Å²) in [5, 5.41) is 7.61. The number of hydrogen-bond donors (Lipinski definition) is 2. The van der Waals surface area contributed by atoms with Crippen molar-refractivity contribution >= 4 is 17.3 Å². The van der Waals surface area contributed by atoms with Crippen LogP contribution in [0.15, 0.2) is 11.0 Å². The molecule has 5 nitrogen and oxygen atoms in total. The Morgan fingerprint density at radius 3 is 2.70 bits per heavy atom. The Morgan fingerprint density at radius 2 is 2.20 bits per heavy atom. The first-order valence-corrected chi connectivity index (χ1v) is 7.47. The van der Waals surface area contributed by atoms with Gasteiger partial charge in [0.2, 0.25) is 0 Å². The van der Waals surface area contributed by atoms with E-state index in [9.17, 15) is 4.79 Å². The molecule has 1 unspecified atom stereocenters. The van der Waals surface area contributed by atoms with Crippen LogP contribution in [0.25, 0.3) is 0 Å². The first kappa shape index (κ1) is 17.0. The summed E-state index contributed by atoms with van der Waals surface area (Å²) in [5.41, 5.74) is 5.80. The van der Waals surface area contributed by atoms with Gasteiger partial charge in [0.05, 0.1) is 11.9 Å². The molecule has 3 N–H and O–H groups in total. The fraction of sp³-hybridized carbons (Fsp3) is 0.714. The van der Waals surface area contributed by atoms with Crippen LogP contribution in [0, 0.1) is 5.92 Å². The Hall–Kier alpha value is -1.07. The van der Waals surface area contributed by atoms with E-state index in [4.69, 9.17) is 17.3 Å². The lowest BCUT2D eigenvalue weighted by atomic mass is 9.88. The molecular formula is C14H25ClN4O. The summed E-state index contributed by atoms with van der Waals surface area (Å²) in [7, 11) is 0. The molecule has 1 aromatic rings. The molecule has 1 rings (SSSR count). The van der Waals surface area contributed by atoms with Crippen molar-refractivity contribution in [1.82, 2.24) is 9.78 Å². The Morgan fingerprint density at radius 1 is 1.55 bits per heavy atom. The van der Waals surface area contributed by atoms with Gasteiger partial charge >= 0.3 is 0 Å². The molecular weight excluding hydrogens is 276 g/mol. The van der Waals surface area contributed by atoms with Crippen LogP contribution in [-0.2, 0) is 6.54 Å². The molecule has 0 aromatic carbocycles. The Balaban J connectivity index is 3.04. The second-order valence-corrected chi connectivity index (χ2v) is 6.03. The van der Waals surface area contributed by atoms with Gasteiger partial charge in [-0.15, -0.1) is 0 Å². The van der Waals surface area contributed by atoms with E-state index in [0.29, 0.717) is 24.7 Å². The first-order chi connectivity index (χ1) is 9.35. The van der Waals surface area contributed by atoms with Gasteiger partial charge in [0, 0.05) is 18.6 Å². The number of aryl methyl sites for hydroxylation is 1. The van der Waals surface area contributed by atoms with E-state index in [2.05, 4.69) is 31.2 Å². The van der Waals surface area contributed by atoms with Gasteiger partial charge in [0.1, 0.15) is 5.02 Å². The van der Waals surface area contributed by atoms with E-state index in [0.717, 1.165) is 12.8 Å². The van der Waals surface area contributed by atoms with Gasteiger partial charge in [-0.3, -0.25) is 4.79 Å². The number of nitrogens with zero attached hydrogens (tertiary/aromatic N) is 2. The number of nitrogens with two attached hydrogens (primary N) is 1. The molecule has 0 radical (unpaired) electrons. The van der Waals surface area contributed by atoms with Crippen LogP contribution in [0.4, 0.5) is 5.69 Å². The van der Waals surface area contributed by atoms with Crippen molar-refractivity contribution < 1.29 is 0 Å². The van der Waals surface area contributed by atoms with Crippen molar-refractivity contribution in [1.29, 1.82) is 0 Å². The number of rotatable bonds is 7. The smallest absolute Gasteiger partial charge is 0.287 e. The number of hydrogen-bond acceptors (Lipinski definition) is 4. The fourth-order valence-electron chi connectivity index (χ4n) is 1.76. The van der Waals surface area contributed by atoms with E-state index < -0.39 is 0 Å². The molecule has 0 aliphatic rings. The zero-order chi connectivity index (χ0) is 15.3. The normalized spacial score (nSPS) is 14.3. The minimum absolute atomic E-state index is 0.177. The van der Waals surface area contributed by atoms with Gasteiger partial charge in [-0.2, -0.15) is 5.10 Å². The molecule has 1 atom stereocenters. The molecule has 114 valence electrons. The molecule has 20 heavy (non-hydrogen) atoms. The average molecular weight is 301 g/mol. The molecule has 0 aliphatic heterocycles. The monoisotopic (exact) mass is 300 g/mol. The van der Waals surface area contributed by atoms with Crippen LogP contribution in [0.2, 0.25) is 5.02 Å². The second kappa shape index (κ2) is 7.09. The number of unbranched alkanes of at least 4 members (excludes halogenated alkanes) is 1. The lowest BCUT2D eigenvalue weighted by Crippen LogP contribution is -2.47. The molecule has 0 fully saturated rings. The van der Waals surface area contributed by atoms with Crippen LogP contribution in [0.1, 0.15) is 40.5 Å². The third-order valence-corrected chi connectivity index (χ3v) is 4.19. The minimum Gasteiger partial charge on any atom is -0.376 e. The molecule has 0 saturated heterocycles. The number of anilines is 1. The summed E-state index contributed by atoms with van der Waals surface area (Å²) in [6.45, 7) is 9.26. The highest BCUT2D eigenvalue weighted by Crippen LogP contribution is 2.25. The minimum atomic E-state index is -0.326. The lowest BCUT2D eigenvalue weighted by Gasteiger charge is -2.34. The number of halogens is 1. The molecule has 6 heteroatoms. The van der Waals surface area contributed by atoms with Gasteiger partial charge < -0.3 is 11.1 Å². The van der Waals surface area contributed by atoms with Crippen molar-refractivity contribution in [3.05, 3.63) is 21.6 Å². The highest BCUT2D eigenvalue weighted by atomic mass is 35.5. The third-order valence-electron chi connectivity index (χ3n) is 3.83. The topological polar surface area (TPSA) is 72.9 Å². The zero-order valence-corrected chi connectivity index (χ0v) is 13.5. The first-order valence-electron chi connectivity index (χ1n) is 7.09. The third kappa shape index (κ3) is 3.73.